The average Bonchev–Trinajstić information content (AvgIpc) is 2.71. The molecule has 2 amide bonds. The van der Waals surface area contributed by atoms with Crippen molar-refractivity contribution < 1.29 is 9.59 Å². The van der Waals surface area contributed by atoms with Crippen LogP contribution in [-0.4, -0.2) is 18.4 Å². The van der Waals surface area contributed by atoms with Crippen molar-refractivity contribution in [3.8, 4) is 0 Å². The largest absolute Gasteiger partial charge is 0.385 e. The number of nitrogens with one attached hydrogen (secondary N) is 2. The minimum absolute atomic E-state index is 0.338. The first-order valence-corrected chi connectivity index (χ1v) is 11.8. The molecule has 4 nitrogen and oxygen atoms in total. The molecule has 0 radical (unpaired) electrons. The summed E-state index contributed by atoms with van der Waals surface area (Å²) in [5.41, 5.74) is 1.52. The van der Waals surface area contributed by atoms with Crippen LogP contribution in [0.4, 0.5) is 5.69 Å². The van der Waals surface area contributed by atoms with Crippen LogP contribution in [0.5, 0.6) is 0 Å². The molecule has 0 aliphatic carbocycles. The van der Waals surface area contributed by atoms with Crippen molar-refractivity contribution in [1.82, 2.24) is 5.32 Å². The van der Waals surface area contributed by atoms with Crippen LogP contribution in [0.2, 0.25) is 0 Å². The molecule has 0 saturated carbocycles. The number of benzene rings is 1. The summed E-state index contributed by atoms with van der Waals surface area (Å²) in [6.45, 7) is 4.57. The molecule has 1 aromatic rings. The van der Waals surface area contributed by atoms with Crippen molar-refractivity contribution in [2.24, 2.45) is 0 Å². The summed E-state index contributed by atoms with van der Waals surface area (Å²) in [4.78, 5) is 22.6. The number of rotatable bonds is 17. The summed E-state index contributed by atoms with van der Waals surface area (Å²) in [6.07, 6.45) is 19.2. The van der Waals surface area contributed by atoms with Crippen molar-refractivity contribution in [3.63, 3.8) is 0 Å². The van der Waals surface area contributed by atoms with Gasteiger partial charge in [0.05, 0.1) is 0 Å². The molecule has 0 spiro atoms. The third-order valence-electron chi connectivity index (χ3n) is 5.30. The number of amides is 2. The van der Waals surface area contributed by atoms with E-state index in [4.69, 9.17) is 0 Å². The predicted octanol–water partition coefficient (Wildman–Crippen LogP) is 6.86. The Morgan fingerprint density at radius 3 is 1.59 bits per heavy atom. The van der Waals surface area contributed by atoms with E-state index in [1.54, 1.807) is 12.1 Å². The molecule has 1 rings (SSSR count). The number of carbonyl (C=O) groups excluding carboxylic acids is 2. The van der Waals surface area contributed by atoms with Gasteiger partial charge in [0.1, 0.15) is 0 Å². The molecule has 4 heteroatoms. The molecular formula is C25H42N2O2. The van der Waals surface area contributed by atoms with Crippen molar-refractivity contribution in [1.29, 1.82) is 0 Å². The first kappa shape index (κ1) is 25.2. The molecule has 0 atom stereocenters. The van der Waals surface area contributed by atoms with Gasteiger partial charge >= 0.3 is 0 Å². The second-order valence-corrected chi connectivity index (χ2v) is 8.11. The fourth-order valence-corrected chi connectivity index (χ4v) is 3.52. The Hall–Kier alpha value is -1.84. The third-order valence-corrected chi connectivity index (χ3v) is 5.30. The van der Waals surface area contributed by atoms with Crippen molar-refractivity contribution in [3.05, 3.63) is 29.8 Å². The Bertz CT molecular complexity index is 554. The highest BCUT2D eigenvalue weighted by molar-refractivity contribution is 6.04. The Morgan fingerprint density at radius 1 is 0.690 bits per heavy atom. The van der Waals surface area contributed by atoms with E-state index in [9.17, 15) is 9.59 Å². The van der Waals surface area contributed by atoms with Gasteiger partial charge in [-0.2, -0.15) is 0 Å². The van der Waals surface area contributed by atoms with Crippen molar-refractivity contribution >= 4 is 17.5 Å². The van der Waals surface area contributed by atoms with E-state index < -0.39 is 0 Å². The van der Waals surface area contributed by atoms with Crippen LogP contribution in [0, 0.1) is 0 Å². The van der Waals surface area contributed by atoms with E-state index in [0.29, 0.717) is 5.56 Å². The van der Waals surface area contributed by atoms with E-state index in [0.717, 1.165) is 12.2 Å². The Labute approximate surface area is 178 Å². The first-order chi connectivity index (χ1) is 14.1. The summed E-state index contributed by atoms with van der Waals surface area (Å²) >= 11 is 0. The van der Waals surface area contributed by atoms with E-state index in [1.807, 2.05) is 12.1 Å². The second-order valence-electron chi connectivity index (χ2n) is 8.11. The number of hydrogen-bond donors (Lipinski definition) is 2. The van der Waals surface area contributed by atoms with Crippen LogP contribution in [0.25, 0.3) is 0 Å². The molecule has 0 unspecified atom stereocenters. The van der Waals surface area contributed by atoms with Gasteiger partial charge in [0.25, 0.3) is 5.91 Å². The van der Waals surface area contributed by atoms with Crippen LogP contribution in [0.1, 0.15) is 114 Å². The maximum Gasteiger partial charge on any atom is 0.257 e. The zero-order valence-corrected chi connectivity index (χ0v) is 18.7. The SMILES string of the molecule is CCCCCCCCCCCCCCCCNc1ccc(C(=O)NC(C)=O)cc1. The van der Waals surface area contributed by atoms with E-state index in [2.05, 4.69) is 17.6 Å². The standard InChI is InChI=1S/C25H42N2O2/c1-3-4-5-6-7-8-9-10-11-12-13-14-15-16-21-26-24-19-17-23(18-20-24)25(29)27-22(2)28/h17-20,26H,3-16,21H2,1-2H3,(H,27,28,29). The van der Waals surface area contributed by atoms with Gasteiger partial charge in [-0.3, -0.25) is 14.9 Å². The fourth-order valence-electron chi connectivity index (χ4n) is 3.52. The van der Waals surface area contributed by atoms with Gasteiger partial charge in [0.15, 0.2) is 0 Å². The van der Waals surface area contributed by atoms with E-state index >= 15 is 0 Å². The number of unbranched alkanes of at least 4 members (excludes halogenated alkanes) is 13. The fraction of sp³-hybridized carbons (Fsp3) is 0.680. The molecule has 0 aliphatic rings. The highest BCUT2D eigenvalue weighted by atomic mass is 16.2. The molecule has 1 aromatic carbocycles. The molecule has 0 bridgehead atoms. The maximum absolute atomic E-state index is 11.7. The summed E-state index contributed by atoms with van der Waals surface area (Å²) in [5.74, 6) is -0.689. The first-order valence-electron chi connectivity index (χ1n) is 11.8. The summed E-state index contributed by atoms with van der Waals surface area (Å²) in [6, 6.07) is 7.26. The summed E-state index contributed by atoms with van der Waals surface area (Å²) in [5, 5.41) is 5.68. The van der Waals surface area contributed by atoms with Gasteiger partial charge in [0, 0.05) is 24.7 Å². The van der Waals surface area contributed by atoms with Gasteiger partial charge in [-0.1, -0.05) is 90.4 Å². The van der Waals surface area contributed by atoms with Gasteiger partial charge in [-0.05, 0) is 30.7 Å². The monoisotopic (exact) mass is 402 g/mol. The number of anilines is 1. The smallest absolute Gasteiger partial charge is 0.257 e. The normalized spacial score (nSPS) is 10.7. The Morgan fingerprint density at radius 2 is 1.14 bits per heavy atom. The average molecular weight is 403 g/mol. The molecule has 0 aliphatic heterocycles. The molecular weight excluding hydrogens is 360 g/mol. The minimum Gasteiger partial charge on any atom is -0.385 e. The molecule has 0 saturated heterocycles. The molecule has 0 heterocycles. The van der Waals surface area contributed by atoms with Gasteiger partial charge < -0.3 is 5.32 Å². The maximum atomic E-state index is 11.7. The van der Waals surface area contributed by atoms with Crippen LogP contribution in [0.3, 0.4) is 0 Å². The van der Waals surface area contributed by atoms with Crippen LogP contribution in [0.15, 0.2) is 24.3 Å². The van der Waals surface area contributed by atoms with Crippen LogP contribution < -0.4 is 10.6 Å². The van der Waals surface area contributed by atoms with Crippen molar-refractivity contribution in [2.45, 2.75) is 104 Å². The van der Waals surface area contributed by atoms with Crippen LogP contribution in [-0.2, 0) is 4.79 Å². The Kier molecular flexibility index (Phi) is 14.8. The quantitative estimate of drug-likeness (QED) is 0.280. The lowest BCUT2D eigenvalue weighted by Gasteiger charge is -2.07. The van der Waals surface area contributed by atoms with Gasteiger partial charge in [-0.15, -0.1) is 0 Å². The lowest BCUT2D eigenvalue weighted by atomic mass is 10.0. The molecule has 0 fully saturated rings. The van der Waals surface area contributed by atoms with E-state index in [1.165, 1.54) is 96.8 Å². The lowest BCUT2D eigenvalue weighted by molar-refractivity contribution is -0.118. The Balaban J connectivity index is 1.92. The molecule has 29 heavy (non-hydrogen) atoms. The summed E-state index contributed by atoms with van der Waals surface area (Å²) < 4.78 is 0. The highest BCUT2D eigenvalue weighted by Gasteiger charge is 2.06. The number of carbonyl (C=O) groups is 2. The van der Waals surface area contributed by atoms with Gasteiger partial charge in [-0.25, -0.2) is 0 Å². The minimum atomic E-state index is -0.351. The second kappa shape index (κ2) is 17.1. The van der Waals surface area contributed by atoms with E-state index in [-0.39, 0.29) is 11.8 Å². The molecule has 164 valence electrons. The molecule has 2 N–H and O–H groups in total. The zero-order chi connectivity index (χ0) is 21.2. The highest BCUT2D eigenvalue weighted by Crippen LogP contribution is 2.13. The number of imide groups is 1. The zero-order valence-electron chi connectivity index (χ0n) is 18.7. The number of hydrogen-bond acceptors (Lipinski definition) is 3. The van der Waals surface area contributed by atoms with Crippen molar-refractivity contribution in [2.75, 3.05) is 11.9 Å². The predicted molar refractivity (Wildman–Crippen MR) is 123 cm³/mol. The topological polar surface area (TPSA) is 58.2 Å². The lowest BCUT2D eigenvalue weighted by Crippen LogP contribution is -2.27. The third kappa shape index (κ3) is 13.9. The summed E-state index contributed by atoms with van der Waals surface area (Å²) in [7, 11) is 0. The molecule has 0 aromatic heterocycles. The van der Waals surface area contributed by atoms with Crippen LogP contribution >= 0.6 is 0 Å². The van der Waals surface area contributed by atoms with Gasteiger partial charge in [0.2, 0.25) is 5.91 Å².